The second-order valence-corrected chi connectivity index (χ2v) is 7.37. The number of aromatic nitrogens is 2. The molecule has 0 aliphatic carbocycles. The van der Waals surface area contributed by atoms with Crippen LogP contribution < -0.4 is 5.32 Å². The summed E-state index contributed by atoms with van der Waals surface area (Å²) in [7, 11) is -0.980. The lowest BCUT2D eigenvalue weighted by molar-refractivity contribution is 0.151. The van der Waals surface area contributed by atoms with Gasteiger partial charge in [0.15, 0.2) is 0 Å². The van der Waals surface area contributed by atoms with Gasteiger partial charge < -0.3 is 10.2 Å². The molecule has 1 aliphatic rings. The van der Waals surface area contributed by atoms with Crippen molar-refractivity contribution in [3.63, 3.8) is 0 Å². The van der Waals surface area contributed by atoms with Crippen LogP contribution in [0.1, 0.15) is 36.4 Å². The SMILES string of the molecule is C[S@](=O)c1ccc(CNC(=O)N2CCCC[C@H]2c2cn[nH]c2)cc1. The van der Waals surface area contributed by atoms with Crippen LogP contribution in [-0.2, 0) is 17.3 Å². The monoisotopic (exact) mass is 346 g/mol. The molecule has 0 unspecified atom stereocenters. The first-order valence-electron chi connectivity index (χ1n) is 8.10. The normalized spacial score (nSPS) is 19.0. The molecule has 0 radical (unpaired) electrons. The maximum absolute atomic E-state index is 12.6. The summed E-state index contributed by atoms with van der Waals surface area (Å²) in [4.78, 5) is 15.3. The summed E-state index contributed by atoms with van der Waals surface area (Å²) in [5, 5.41) is 9.81. The molecule has 1 fully saturated rings. The van der Waals surface area contributed by atoms with E-state index < -0.39 is 10.8 Å². The first-order valence-corrected chi connectivity index (χ1v) is 9.66. The van der Waals surface area contributed by atoms with Crippen molar-refractivity contribution in [2.24, 2.45) is 0 Å². The standard InChI is InChI=1S/C17H22N4O2S/c1-24(23)15-7-5-13(6-8-15)10-18-17(22)21-9-3-2-4-16(21)14-11-19-20-12-14/h5-8,11-12,16H,2-4,9-10H2,1H3,(H,18,22)(H,19,20)/t16-,24-/m0/s1. The van der Waals surface area contributed by atoms with Gasteiger partial charge in [-0.05, 0) is 37.0 Å². The predicted octanol–water partition coefficient (Wildman–Crippen LogP) is 2.58. The van der Waals surface area contributed by atoms with Crippen molar-refractivity contribution in [2.45, 2.75) is 36.7 Å². The lowest BCUT2D eigenvalue weighted by Crippen LogP contribution is -2.44. The fourth-order valence-corrected chi connectivity index (χ4v) is 3.56. The van der Waals surface area contributed by atoms with Crippen molar-refractivity contribution in [2.75, 3.05) is 12.8 Å². The molecule has 0 saturated carbocycles. The number of amides is 2. The first-order chi connectivity index (χ1) is 11.6. The van der Waals surface area contributed by atoms with Crippen molar-refractivity contribution in [3.8, 4) is 0 Å². The smallest absolute Gasteiger partial charge is 0.318 e. The number of hydrogen-bond acceptors (Lipinski definition) is 3. The summed E-state index contributed by atoms with van der Waals surface area (Å²) in [5.74, 6) is 0. The quantitative estimate of drug-likeness (QED) is 0.893. The Kier molecular flexibility index (Phi) is 5.30. The van der Waals surface area contributed by atoms with E-state index in [0.717, 1.165) is 41.8 Å². The van der Waals surface area contributed by atoms with Crippen LogP contribution in [0, 0.1) is 0 Å². The number of aromatic amines is 1. The summed E-state index contributed by atoms with van der Waals surface area (Å²) in [5.41, 5.74) is 2.05. The number of nitrogens with zero attached hydrogens (tertiary/aromatic N) is 2. The van der Waals surface area contributed by atoms with Gasteiger partial charge in [0.1, 0.15) is 0 Å². The molecule has 2 heterocycles. The van der Waals surface area contributed by atoms with Crippen molar-refractivity contribution < 1.29 is 9.00 Å². The zero-order valence-corrected chi connectivity index (χ0v) is 14.5. The molecular weight excluding hydrogens is 324 g/mol. The average Bonchev–Trinajstić information content (AvgIpc) is 3.14. The molecule has 2 amide bonds. The van der Waals surface area contributed by atoms with Gasteiger partial charge in [0, 0.05) is 46.8 Å². The second-order valence-electron chi connectivity index (χ2n) is 5.99. The summed E-state index contributed by atoms with van der Waals surface area (Å²) in [6.45, 7) is 1.22. The minimum Gasteiger partial charge on any atom is -0.334 e. The summed E-state index contributed by atoms with van der Waals surface area (Å²) in [6.07, 6.45) is 8.42. The molecule has 1 aliphatic heterocycles. The van der Waals surface area contributed by atoms with Gasteiger partial charge in [-0.25, -0.2) is 4.79 Å². The van der Waals surface area contributed by atoms with Gasteiger partial charge in [-0.2, -0.15) is 5.10 Å². The molecule has 2 N–H and O–H groups in total. The Morgan fingerprint density at radius 2 is 2.17 bits per heavy atom. The van der Waals surface area contributed by atoms with E-state index in [1.165, 1.54) is 0 Å². The Hall–Kier alpha value is -2.15. The zero-order chi connectivity index (χ0) is 16.9. The van der Waals surface area contributed by atoms with Gasteiger partial charge in [0.25, 0.3) is 0 Å². The number of hydrogen-bond donors (Lipinski definition) is 2. The number of carbonyl (C=O) groups excluding carboxylic acids is 1. The lowest BCUT2D eigenvalue weighted by Gasteiger charge is -2.35. The molecule has 2 atom stereocenters. The number of benzene rings is 1. The number of H-pyrrole nitrogens is 1. The van der Waals surface area contributed by atoms with E-state index in [-0.39, 0.29) is 12.1 Å². The first kappa shape index (κ1) is 16.7. The van der Waals surface area contributed by atoms with E-state index in [4.69, 9.17) is 0 Å². The molecule has 1 aromatic heterocycles. The van der Waals surface area contributed by atoms with Gasteiger partial charge >= 0.3 is 6.03 Å². The fourth-order valence-electron chi connectivity index (χ4n) is 3.04. The molecule has 3 rings (SSSR count). The van der Waals surface area contributed by atoms with Crippen LogP contribution >= 0.6 is 0 Å². The van der Waals surface area contributed by atoms with Crippen molar-refractivity contribution in [1.29, 1.82) is 0 Å². The largest absolute Gasteiger partial charge is 0.334 e. The summed E-state index contributed by atoms with van der Waals surface area (Å²) in [6, 6.07) is 7.52. The summed E-state index contributed by atoms with van der Waals surface area (Å²) < 4.78 is 11.4. The number of piperidine rings is 1. The zero-order valence-electron chi connectivity index (χ0n) is 13.7. The predicted molar refractivity (Wildman–Crippen MR) is 92.9 cm³/mol. The van der Waals surface area contributed by atoms with E-state index in [2.05, 4.69) is 15.5 Å². The minimum absolute atomic E-state index is 0.0518. The van der Waals surface area contributed by atoms with Crippen molar-refractivity contribution >= 4 is 16.8 Å². The van der Waals surface area contributed by atoms with E-state index in [1.54, 1.807) is 12.5 Å². The van der Waals surface area contributed by atoms with Gasteiger partial charge in [0.2, 0.25) is 0 Å². The number of carbonyl (C=O) groups is 1. The molecule has 24 heavy (non-hydrogen) atoms. The molecule has 0 spiro atoms. The molecule has 0 bridgehead atoms. The van der Waals surface area contributed by atoms with Crippen LogP contribution in [0.25, 0.3) is 0 Å². The third-order valence-electron chi connectivity index (χ3n) is 4.37. The Bertz CT molecular complexity index is 700. The fraction of sp³-hybridized carbons (Fsp3) is 0.412. The average molecular weight is 346 g/mol. The van der Waals surface area contributed by atoms with E-state index in [0.29, 0.717) is 6.54 Å². The Morgan fingerprint density at radius 3 is 2.83 bits per heavy atom. The molecule has 6 nitrogen and oxygen atoms in total. The van der Waals surface area contributed by atoms with Crippen molar-refractivity contribution in [1.82, 2.24) is 20.4 Å². The molecule has 1 saturated heterocycles. The van der Waals surface area contributed by atoms with Crippen LogP contribution in [0.15, 0.2) is 41.6 Å². The minimum atomic E-state index is -0.980. The van der Waals surface area contributed by atoms with Gasteiger partial charge in [0.05, 0.1) is 12.2 Å². The topological polar surface area (TPSA) is 78.1 Å². The van der Waals surface area contributed by atoms with Gasteiger partial charge in [-0.1, -0.05) is 12.1 Å². The summed E-state index contributed by atoms with van der Waals surface area (Å²) >= 11 is 0. The number of likely N-dealkylation sites (tertiary alicyclic amines) is 1. The highest BCUT2D eigenvalue weighted by Crippen LogP contribution is 2.30. The highest BCUT2D eigenvalue weighted by atomic mass is 32.2. The maximum atomic E-state index is 12.6. The lowest BCUT2D eigenvalue weighted by atomic mass is 9.98. The van der Waals surface area contributed by atoms with Crippen LogP contribution in [0.4, 0.5) is 4.79 Å². The van der Waals surface area contributed by atoms with Gasteiger partial charge in [-0.3, -0.25) is 9.31 Å². The third-order valence-corrected chi connectivity index (χ3v) is 5.30. The van der Waals surface area contributed by atoms with E-state index >= 15 is 0 Å². The van der Waals surface area contributed by atoms with Crippen LogP contribution in [0.2, 0.25) is 0 Å². The molecule has 2 aromatic rings. The molecule has 128 valence electrons. The Labute approximate surface area is 144 Å². The molecule has 7 heteroatoms. The van der Waals surface area contributed by atoms with Crippen LogP contribution in [0.5, 0.6) is 0 Å². The highest BCUT2D eigenvalue weighted by Gasteiger charge is 2.28. The Morgan fingerprint density at radius 1 is 1.38 bits per heavy atom. The van der Waals surface area contributed by atoms with E-state index in [9.17, 15) is 9.00 Å². The van der Waals surface area contributed by atoms with E-state index in [1.807, 2.05) is 35.4 Å². The van der Waals surface area contributed by atoms with Crippen LogP contribution in [0.3, 0.4) is 0 Å². The third kappa shape index (κ3) is 3.84. The second kappa shape index (κ2) is 7.61. The number of nitrogens with one attached hydrogen (secondary N) is 2. The van der Waals surface area contributed by atoms with Gasteiger partial charge in [-0.15, -0.1) is 0 Å². The van der Waals surface area contributed by atoms with Crippen LogP contribution in [-0.4, -0.2) is 38.1 Å². The molecule has 1 aromatic carbocycles. The maximum Gasteiger partial charge on any atom is 0.318 e. The Balaban J connectivity index is 1.62. The number of rotatable bonds is 4. The number of urea groups is 1. The molecular formula is C17H22N4O2S. The van der Waals surface area contributed by atoms with Crippen molar-refractivity contribution in [3.05, 3.63) is 47.8 Å². The highest BCUT2D eigenvalue weighted by molar-refractivity contribution is 7.84.